The summed E-state index contributed by atoms with van der Waals surface area (Å²) in [6.07, 6.45) is -1.06. The first-order valence-electron chi connectivity index (χ1n) is 5.91. The van der Waals surface area contributed by atoms with E-state index in [0.29, 0.717) is 16.3 Å². The van der Waals surface area contributed by atoms with Gasteiger partial charge in [0.1, 0.15) is 5.82 Å². The molecule has 0 radical (unpaired) electrons. The molecular formula is C14H10ClFN2O2. The van der Waals surface area contributed by atoms with E-state index < -0.39 is 17.9 Å². The van der Waals surface area contributed by atoms with Crippen LogP contribution in [0.3, 0.4) is 0 Å². The van der Waals surface area contributed by atoms with Crippen molar-refractivity contribution < 1.29 is 14.4 Å². The summed E-state index contributed by atoms with van der Waals surface area (Å²) >= 11 is 5.97. The molecule has 1 heterocycles. The maximum Gasteiger partial charge on any atom is 0.281 e. The number of hydrogen-bond acceptors (Lipinski definition) is 3. The summed E-state index contributed by atoms with van der Waals surface area (Å²) in [5, 5.41) is 13.5. The van der Waals surface area contributed by atoms with Crippen molar-refractivity contribution in [3.05, 3.63) is 64.4 Å². The summed E-state index contributed by atoms with van der Waals surface area (Å²) in [6.45, 7) is 0. The molecule has 102 valence electrons. The maximum absolute atomic E-state index is 13.9. The first kappa shape index (κ1) is 12.9. The van der Waals surface area contributed by atoms with E-state index in [9.17, 15) is 14.4 Å². The van der Waals surface area contributed by atoms with Crippen molar-refractivity contribution in [3.63, 3.8) is 0 Å². The Morgan fingerprint density at radius 1 is 1.20 bits per heavy atom. The molecule has 1 aliphatic heterocycles. The number of fused-ring (bicyclic) bond motifs is 1. The van der Waals surface area contributed by atoms with Gasteiger partial charge < -0.3 is 5.32 Å². The minimum absolute atomic E-state index is 0.0273. The summed E-state index contributed by atoms with van der Waals surface area (Å²) in [5.41, 5.74) is 0.866. The lowest BCUT2D eigenvalue weighted by Gasteiger charge is -2.33. The topological polar surface area (TPSA) is 52.6 Å². The van der Waals surface area contributed by atoms with Crippen LogP contribution in [0.2, 0.25) is 5.02 Å². The van der Waals surface area contributed by atoms with E-state index in [-0.39, 0.29) is 10.6 Å². The third kappa shape index (κ3) is 1.92. The number of hydroxylamine groups is 2. The van der Waals surface area contributed by atoms with Crippen molar-refractivity contribution in [2.24, 2.45) is 0 Å². The van der Waals surface area contributed by atoms with Crippen molar-refractivity contribution >= 4 is 23.2 Å². The predicted octanol–water partition coefficient (Wildman–Crippen LogP) is 3.43. The zero-order valence-electron chi connectivity index (χ0n) is 10.2. The van der Waals surface area contributed by atoms with Gasteiger partial charge in [-0.1, -0.05) is 29.8 Å². The smallest absolute Gasteiger partial charge is 0.281 e. The fraction of sp³-hybridized carbons (Fsp3) is 0.0714. The molecule has 2 aromatic rings. The molecular weight excluding hydrogens is 283 g/mol. The third-order valence-corrected chi connectivity index (χ3v) is 3.51. The van der Waals surface area contributed by atoms with Gasteiger partial charge in [-0.2, -0.15) is 5.06 Å². The highest BCUT2D eigenvalue weighted by molar-refractivity contribution is 6.31. The van der Waals surface area contributed by atoms with Gasteiger partial charge in [0.05, 0.1) is 16.1 Å². The van der Waals surface area contributed by atoms with E-state index in [1.807, 2.05) is 0 Å². The largest absolute Gasteiger partial charge is 0.359 e. The van der Waals surface area contributed by atoms with E-state index in [0.717, 1.165) is 0 Å². The zero-order chi connectivity index (χ0) is 14.3. The molecule has 1 amide bonds. The molecule has 1 aliphatic rings. The fourth-order valence-corrected chi connectivity index (χ4v) is 2.48. The van der Waals surface area contributed by atoms with Crippen molar-refractivity contribution in [1.82, 2.24) is 5.06 Å². The molecule has 1 atom stereocenters. The van der Waals surface area contributed by atoms with Gasteiger partial charge in [0, 0.05) is 5.69 Å². The molecule has 0 saturated carbocycles. The van der Waals surface area contributed by atoms with Crippen LogP contribution >= 0.6 is 11.6 Å². The summed E-state index contributed by atoms with van der Waals surface area (Å²) in [6, 6.07) is 10.9. The van der Waals surface area contributed by atoms with Gasteiger partial charge in [-0.3, -0.25) is 10.0 Å². The molecule has 0 bridgehead atoms. The van der Waals surface area contributed by atoms with Gasteiger partial charge in [0.25, 0.3) is 5.91 Å². The Morgan fingerprint density at radius 3 is 2.70 bits per heavy atom. The number of nitrogens with zero attached hydrogens (tertiary/aromatic N) is 1. The molecule has 2 N–H and O–H groups in total. The highest BCUT2D eigenvalue weighted by Gasteiger charge is 2.34. The minimum atomic E-state index is -1.06. The number of halogens is 2. The molecule has 0 unspecified atom stereocenters. The molecule has 4 nitrogen and oxygen atoms in total. The summed E-state index contributed by atoms with van der Waals surface area (Å²) in [5.74, 6) is -1.20. The zero-order valence-corrected chi connectivity index (χ0v) is 10.9. The molecule has 2 aromatic carbocycles. The standard InChI is InChI=1S/C14H10ClFN2O2/c15-9-5-3-6-10(16)12(9)13-17-11-7-2-1-4-8(11)14(19)18(13)20/h1-7,13,17,20H/t13-/m0/s1. The highest BCUT2D eigenvalue weighted by atomic mass is 35.5. The van der Waals surface area contributed by atoms with Gasteiger partial charge >= 0.3 is 0 Å². The first-order valence-corrected chi connectivity index (χ1v) is 6.29. The summed E-state index contributed by atoms with van der Waals surface area (Å²) in [4.78, 5) is 12.1. The van der Waals surface area contributed by atoms with E-state index in [4.69, 9.17) is 11.6 Å². The number of anilines is 1. The number of rotatable bonds is 1. The van der Waals surface area contributed by atoms with E-state index in [1.54, 1.807) is 24.3 Å². The van der Waals surface area contributed by atoms with Crippen molar-refractivity contribution in [2.75, 3.05) is 5.32 Å². The monoisotopic (exact) mass is 292 g/mol. The molecule has 6 heteroatoms. The lowest BCUT2D eigenvalue weighted by atomic mass is 10.0. The van der Waals surface area contributed by atoms with Gasteiger partial charge in [-0.15, -0.1) is 0 Å². The van der Waals surface area contributed by atoms with Crippen LogP contribution < -0.4 is 5.32 Å². The van der Waals surface area contributed by atoms with Gasteiger partial charge in [0.15, 0.2) is 6.17 Å². The average molecular weight is 293 g/mol. The number of para-hydroxylation sites is 1. The summed E-state index contributed by atoms with van der Waals surface area (Å²) in [7, 11) is 0. The SMILES string of the molecule is O=C1c2ccccc2N[C@H](c2c(F)cccc2Cl)N1O. The highest BCUT2D eigenvalue weighted by Crippen LogP contribution is 2.35. The van der Waals surface area contributed by atoms with Crippen molar-refractivity contribution in [2.45, 2.75) is 6.17 Å². The van der Waals surface area contributed by atoms with Crippen molar-refractivity contribution in [1.29, 1.82) is 0 Å². The Bertz CT molecular complexity index is 672. The molecule has 0 aliphatic carbocycles. The third-order valence-electron chi connectivity index (χ3n) is 3.18. The second kappa shape index (κ2) is 4.77. The van der Waals surface area contributed by atoms with Crippen LogP contribution in [0, 0.1) is 5.82 Å². The Morgan fingerprint density at radius 2 is 1.95 bits per heavy atom. The number of hydrogen-bond donors (Lipinski definition) is 2. The first-order chi connectivity index (χ1) is 9.59. The minimum Gasteiger partial charge on any atom is -0.359 e. The second-order valence-corrected chi connectivity index (χ2v) is 4.78. The number of carbonyl (C=O) groups excluding carboxylic acids is 1. The van der Waals surface area contributed by atoms with Gasteiger partial charge in [-0.05, 0) is 24.3 Å². The van der Waals surface area contributed by atoms with Crippen LogP contribution in [0.15, 0.2) is 42.5 Å². The van der Waals surface area contributed by atoms with E-state index in [2.05, 4.69) is 5.32 Å². The molecule has 0 fully saturated rings. The molecule has 0 aromatic heterocycles. The molecule has 0 spiro atoms. The second-order valence-electron chi connectivity index (χ2n) is 4.38. The Hall–Kier alpha value is -2.11. The normalized spacial score (nSPS) is 17.6. The Balaban J connectivity index is 2.11. The lowest BCUT2D eigenvalue weighted by Crippen LogP contribution is -2.41. The Kier molecular flexibility index (Phi) is 3.08. The van der Waals surface area contributed by atoms with Crippen LogP contribution in [0.1, 0.15) is 22.1 Å². The quantitative estimate of drug-likeness (QED) is 0.792. The van der Waals surface area contributed by atoms with Gasteiger partial charge in [0.2, 0.25) is 0 Å². The Labute approximate surface area is 119 Å². The molecule has 3 rings (SSSR count). The van der Waals surface area contributed by atoms with E-state index in [1.165, 1.54) is 18.2 Å². The number of amides is 1. The predicted molar refractivity (Wildman–Crippen MR) is 72.2 cm³/mol. The van der Waals surface area contributed by atoms with Crippen LogP contribution in [0.5, 0.6) is 0 Å². The fourth-order valence-electron chi connectivity index (χ4n) is 2.21. The maximum atomic E-state index is 13.9. The summed E-state index contributed by atoms with van der Waals surface area (Å²) < 4.78 is 13.9. The number of carbonyl (C=O) groups is 1. The van der Waals surface area contributed by atoms with Crippen LogP contribution in [-0.4, -0.2) is 16.2 Å². The molecule has 20 heavy (non-hydrogen) atoms. The van der Waals surface area contributed by atoms with Crippen LogP contribution in [0.25, 0.3) is 0 Å². The number of benzene rings is 2. The average Bonchev–Trinajstić information content (AvgIpc) is 2.44. The van der Waals surface area contributed by atoms with Crippen LogP contribution in [0.4, 0.5) is 10.1 Å². The van der Waals surface area contributed by atoms with Crippen molar-refractivity contribution in [3.8, 4) is 0 Å². The number of nitrogens with one attached hydrogen (secondary N) is 1. The van der Waals surface area contributed by atoms with E-state index >= 15 is 0 Å². The van der Waals surface area contributed by atoms with Crippen LogP contribution in [-0.2, 0) is 0 Å². The molecule has 0 saturated heterocycles. The lowest BCUT2D eigenvalue weighted by molar-refractivity contribution is -0.0857. The van der Waals surface area contributed by atoms with Gasteiger partial charge in [-0.25, -0.2) is 4.39 Å².